The smallest absolute Gasteiger partial charge is 0.339 e. The minimum absolute atomic E-state index is 0.0780. The largest absolute Gasteiger partial charge is 0.504 e. The van der Waals surface area contributed by atoms with Crippen LogP contribution in [-0.2, 0) is 4.74 Å². The Hall–Kier alpha value is -3.42. The van der Waals surface area contributed by atoms with Crippen molar-refractivity contribution in [3.63, 3.8) is 0 Å². The molecule has 0 atom stereocenters. The topological polar surface area (TPSA) is 127 Å². The molecule has 2 rings (SSSR count). The van der Waals surface area contributed by atoms with Crippen molar-refractivity contribution in [1.29, 1.82) is 0 Å². The zero-order valence-corrected chi connectivity index (χ0v) is 13.4. The summed E-state index contributed by atoms with van der Waals surface area (Å²) in [6.07, 6.45) is -0.554. The monoisotopic (exact) mass is 345 g/mol. The number of hydrogen-bond acceptors (Lipinski definition) is 7. The highest BCUT2D eigenvalue weighted by Gasteiger charge is 2.34. The van der Waals surface area contributed by atoms with Crippen LogP contribution in [0.5, 0.6) is 11.5 Å². The number of nitrogens with zero attached hydrogens (tertiary/aromatic N) is 1. The van der Waals surface area contributed by atoms with Gasteiger partial charge in [-0.15, -0.1) is 0 Å². The van der Waals surface area contributed by atoms with Crippen molar-refractivity contribution in [1.82, 2.24) is 0 Å². The van der Waals surface area contributed by atoms with Crippen molar-refractivity contribution in [2.24, 2.45) is 0 Å². The van der Waals surface area contributed by atoms with Crippen LogP contribution < -0.4 is 0 Å². The lowest BCUT2D eigenvalue weighted by Gasteiger charge is -2.13. The predicted octanol–water partition coefficient (Wildman–Crippen LogP) is 2.80. The second-order valence-electron chi connectivity index (χ2n) is 5.42. The minimum atomic E-state index is -1.09. The van der Waals surface area contributed by atoms with Gasteiger partial charge in [-0.1, -0.05) is 30.3 Å². The number of carbonyl (C=O) groups excluding carboxylic acids is 2. The highest BCUT2D eigenvalue weighted by Crippen LogP contribution is 2.41. The molecule has 130 valence electrons. The molecular weight excluding hydrogens is 330 g/mol. The Balaban J connectivity index is 2.77. The first kappa shape index (κ1) is 17.9. The Morgan fingerprint density at radius 1 is 1.16 bits per heavy atom. The zero-order valence-electron chi connectivity index (χ0n) is 13.4. The molecular formula is C17H15NO7. The maximum Gasteiger partial charge on any atom is 0.339 e. The van der Waals surface area contributed by atoms with E-state index in [9.17, 15) is 29.9 Å². The molecule has 0 aliphatic carbocycles. The summed E-state index contributed by atoms with van der Waals surface area (Å²) in [6, 6.07) is 8.34. The molecule has 2 aromatic carbocycles. The number of benzene rings is 2. The summed E-state index contributed by atoms with van der Waals surface area (Å²) in [5, 5.41) is 30.9. The van der Waals surface area contributed by atoms with Gasteiger partial charge < -0.3 is 14.9 Å². The molecule has 25 heavy (non-hydrogen) atoms. The number of phenolic OH excluding ortho intramolecular Hbond substituents is 2. The second-order valence-corrected chi connectivity index (χ2v) is 5.42. The number of aromatic hydroxyl groups is 2. The van der Waals surface area contributed by atoms with Gasteiger partial charge in [-0.3, -0.25) is 14.9 Å². The summed E-state index contributed by atoms with van der Waals surface area (Å²) in [6.45, 7) is 3.12. The quantitative estimate of drug-likeness (QED) is 0.280. The van der Waals surface area contributed by atoms with Crippen molar-refractivity contribution < 1.29 is 29.5 Å². The lowest BCUT2D eigenvalue weighted by Crippen LogP contribution is -2.17. The number of nitro groups is 1. The number of phenols is 2. The number of hydrogen-bond donors (Lipinski definition) is 2. The first-order valence-corrected chi connectivity index (χ1v) is 7.28. The Bertz CT molecular complexity index is 844. The van der Waals surface area contributed by atoms with Gasteiger partial charge in [0.1, 0.15) is 5.56 Å². The summed E-state index contributed by atoms with van der Waals surface area (Å²) >= 11 is 0. The molecule has 0 radical (unpaired) electrons. The number of ketones is 1. The fourth-order valence-electron chi connectivity index (χ4n) is 2.22. The molecule has 0 spiro atoms. The molecule has 0 fully saturated rings. The third kappa shape index (κ3) is 3.57. The van der Waals surface area contributed by atoms with Gasteiger partial charge in [0.05, 0.1) is 16.6 Å². The third-order valence-electron chi connectivity index (χ3n) is 3.26. The van der Waals surface area contributed by atoms with Crippen LogP contribution in [-0.4, -0.2) is 33.0 Å². The lowest BCUT2D eigenvalue weighted by atomic mass is 9.95. The van der Waals surface area contributed by atoms with Crippen LogP contribution in [0.4, 0.5) is 5.69 Å². The van der Waals surface area contributed by atoms with Gasteiger partial charge in [0.2, 0.25) is 11.5 Å². The molecule has 0 bridgehead atoms. The Morgan fingerprint density at radius 3 is 2.28 bits per heavy atom. The average Bonchev–Trinajstić information content (AvgIpc) is 2.55. The molecule has 8 nitrogen and oxygen atoms in total. The van der Waals surface area contributed by atoms with Gasteiger partial charge in [-0.05, 0) is 19.9 Å². The SMILES string of the molecule is CC(C)OC(=O)c1cc(O)c(O)c([N+](=O)[O-])c1C(=O)c1ccccc1. The average molecular weight is 345 g/mol. The number of ether oxygens (including phenoxy) is 1. The number of carbonyl (C=O) groups is 2. The molecule has 2 N–H and O–H groups in total. The molecule has 0 heterocycles. The van der Waals surface area contributed by atoms with Crippen molar-refractivity contribution in [3.8, 4) is 11.5 Å². The van der Waals surface area contributed by atoms with E-state index in [1.165, 1.54) is 12.1 Å². The maximum absolute atomic E-state index is 12.7. The van der Waals surface area contributed by atoms with E-state index < -0.39 is 51.1 Å². The molecule has 0 amide bonds. The van der Waals surface area contributed by atoms with E-state index >= 15 is 0 Å². The van der Waals surface area contributed by atoms with E-state index in [0.29, 0.717) is 0 Å². The van der Waals surface area contributed by atoms with Gasteiger partial charge >= 0.3 is 11.7 Å². The van der Waals surface area contributed by atoms with Crippen molar-refractivity contribution >= 4 is 17.4 Å². The fraction of sp³-hybridized carbons (Fsp3) is 0.176. The Kier molecular flexibility index (Phi) is 5.02. The standard InChI is InChI=1S/C17H15NO7/c1-9(2)25-17(22)11-8-12(19)16(21)14(18(23)24)13(11)15(20)10-6-4-3-5-7-10/h3-9,19,21H,1-2H3. The van der Waals surface area contributed by atoms with Gasteiger partial charge in [0.25, 0.3) is 0 Å². The van der Waals surface area contributed by atoms with Gasteiger partial charge in [-0.25, -0.2) is 4.79 Å². The molecule has 0 saturated carbocycles. The Morgan fingerprint density at radius 2 is 1.76 bits per heavy atom. The van der Waals surface area contributed by atoms with Crippen LogP contribution in [0.1, 0.15) is 40.1 Å². The maximum atomic E-state index is 12.7. The lowest BCUT2D eigenvalue weighted by molar-refractivity contribution is -0.386. The second kappa shape index (κ2) is 7.00. The molecule has 0 saturated heterocycles. The summed E-state index contributed by atoms with van der Waals surface area (Å²) in [5.74, 6) is -3.86. The Labute approximate surface area is 142 Å². The summed E-state index contributed by atoms with van der Waals surface area (Å²) in [7, 11) is 0. The fourth-order valence-corrected chi connectivity index (χ4v) is 2.22. The molecule has 8 heteroatoms. The van der Waals surface area contributed by atoms with E-state index in [2.05, 4.69) is 0 Å². The minimum Gasteiger partial charge on any atom is -0.504 e. The van der Waals surface area contributed by atoms with Crippen molar-refractivity contribution in [2.45, 2.75) is 20.0 Å². The first-order valence-electron chi connectivity index (χ1n) is 7.28. The zero-order chi connectivity index (χ0) is 18.7. The van der Waals surface area contributed by atoms with Crippen LogP contribution in [0, 0.1) is 10.1 Å². The highest BCUT2D eigenvalue weighted by molar-refractivity contribution is 6.17. The summed E-state index contributed by atoms with van der Waals surface area (Å²) in [4.78, 5) is 35.3. The van der Waals surface area contributed by atoms with Crippen LogP contribution in [0.25, 0.3) is 0 Å². The van der Waals surface area contributed by atoms with Gasteiger partial charge in [0.15, 0.2) is 5.75 Å². The summed E-state index contributed by atoms with van der Waals surface area (Å²) < 4.78 is 4.99. The van der Waals surface area contributed by atoms with Crippen LogP contribution >= 0.6 is 0 Å². The van der Waals surface area contributed by atoms with Gasteiger partial charge in [0, 0.05) is 5.56 Å². The van der Waals surface area contributed by atoms with E-state index in [1.807, 2.05) is 0 Å². The predicted molar refractivity (Wildman–Crippen MR) is 86.9 cm³/mol. The number of rotatable bonds is 5. The first-order chi connectivity index (χ1) is 11.7. The van der Waals surface area contributed by atoms with Crippen molar-refractivity contribution in [2.75, 3.05) is 0 Å². The number of esters is 1. The van der Waals surface area contributed by atoms with E-state index in [1.54, 1.807) is 32.0 Å². The third-order valence-corrected chi connectivity index (χ3v) is 3.26. The molecule has 0 aliphatic heterocycles. The van der Waals surface area contributed by atoms with Crippen LogP contribution in [0.3, 0.4) is 0 Å². The van der Waals surface area contributed by atoms with Gasteiger partial charge in [-0.2, -0.15) is 0 Å². The van der Waals surface area contributed by atoms with Crippen LogP contribution in [0.2, 0.25) is 0 Å². The summed E-state index contributed by atoms with van der Waals surface area (Å²) in [5.41, 5.74) is -2.11. The van der Waals surface area contributed by atoms with Crippen LogP contribution in [0.15, 0.2) is 36.4 Å². The van der Waals surface area contributed by atoms with E-state index in [4.69, 9.17) is 4.74 Å². The number of nitro benzene ring substituents is 1. The van der Waals surface area contributed by atoms with Crippen molar-refractivity contribution in [3.05, 3.63) is 63.2 Å². The molecule has 2 aromatic rings. The van der Waals surface area contributed by atoms with E-state index in [0.717, 1.165) is 6.07 Å². The van der Waals surface area contributed by atoms with E-state index in [-0.39, 0.29) is 5.56 Å². The highest BCUT2D eigenvalue weighted by atomic mass is 16.6. The molecule has 0 aliphatic rings. The molecule has 0 aromatic heterocycles. The normalized spacial score (nSPS) is 10.5. The molecule has 0 unspecified atom stereocenters.